The summed E-state index contributed by atoms with van der Waals surface area (Å²) in [5.41, 5.74) is 1.78. The first kappa shape index (κ1) is 14.7. The molecule has 0 bridgehead atoms. The van der Waals surface area contributed by atoms with Crippen LogP contribution in [-0.2, 0) is 6.42 Å². The van der Waals surface area contributed by atoms with E-state index < -0.39 is 0 Å². The highest BCUT2D eigenvalue weighted by Crippen LogP contribution is 2.27. The molecule has 0 aliphatic carbocycles. The number of nitrogens with one attached hydrogen (secondary N) is 1. The first-order valence-electron chi connectivity index (χ1n) is 7.80. The molecule has 3 heterocycles. The van der Waals surface area contributed by atoms with E-state index in [0.29, 0.717) is 0 Å². The normalized spacial score (nSPS) is 18.5. The van der Waals surface area contributed by atoms with Crippen LogP contribution in [0.1, 0.15) is 42.9 Å². The van der Waals surface area contributed by atoms with Crippen molar-refractivity contribution < 1.29 is 0 Å². The zero-order chi connectivity index (χ0) is 15.5. The lowest BCUT2D eigenvalue weighted by atomic mass is 9.94. The van der Waals surface area contributed by atoms with E-state index in [1.807, 2.05) is 13.0 Å². The highest BCUT2D eigenvalue weighted by Gasteiger charge is 2.24. The van der Waals surface area contributed by atoms with Crippen molar-refractivity contribution in [3.05, 3.63) is 46.0 Å². The van der Waals surface area contributed by atoms with Gasteiger partial charge in [0.1, 0.15) is 11.6 Å². The molecule has 1 fully saturated rings. The fraction of sp³-hybridized carbons (Fsp3) is 0.500. The molecule has 3 rings (SSSR count). The van der Waals surface area contributed by atoms with Crippen molar-refractivity contribution in [2.24, 2.45) is 0 Å². The van der Waals surface area contributed by atoms with Crippen molar-refractivity contribution in [1.82, 2.24) is 19.9 Å². The molecule has 6 heteroatoms. The fourth-order valence-electron chi connectivity index (χ4n) is 2.97. The molecule has 1 atom stereocenters. The summed E-state index contributed by atoms with van der Waals surface area (Å²) >= 11 is 0. The molecule has 0 unspecified atom stereocenters. The Balaban J connectivity index is 1.84. The minimum Gasteiger partial charge on any atom is -0.356 e. The quantitative estimate of drug-likeness (QED) is 0.935. The van der Waals surface area contributed by atoms with E-state index in [0.717, 1.165) is 55.4 Å². The first-order valence-corrected chi connectivity index (χ1v) is 7.80. The van der Waals surface area contributed by atoms with Gasteiger partial charge in [-0.1, -0.05) is 6.92 Å². The van der Waals surface area contributed by atoms with Gasteiger partial charge in [-0.25, -0.2) is 15.0 Å². The van der Waals surface area contributed by atoms with E-state index in [1.165, 1.54) is 6.33 Å². The van der Waals surface area contributed by atoms with Crippen LogP contribution in [-0.4, -0.2) is 33.0 Å². The molecule has 2 aromatic heterocycles. The summed E-state index contributed by atoms with van der Waals surface area (Å²) in [6.45, 7) is 5.90. The van der Waals surface area contributed by atoms with Gasteiger partial charge in [0.2, 0.25) is 0 Å². The lowest BCUT2D eigenvalue weighted by Gasteiger charge is -2.33. The fourth-order valence-corrected chi connectivity index (χ4v) is 2.97. The monoisotopic (exact) mass is 299 g/mol. The zero-order valence-corrected chi connectivity index (χ0v) is 13.0. The lowest BCUT2D eigenvalue weighted by Crippen LogP contribution is -2.35. The second kappa shape index (κ2) is 6.25. The molecule has 0 amide bonds. The van der Waals surface area contributed by atoms with Crippen LogP contribution in [0.4, 0.5) is 5.82 Å². The van der Waals surface area contributed by atoms with E-state index in [4.69, 9.17) is 0 Å². The van der Waals surface area contributed by atoms with Crippen molar-refractivity contribution in [1.29, 1.82) is 0 Å². The van der Waals surface area contributed by atoms with Crippen LogP contribution in [0, 0.1) is 6.92 Å². The Morgan fingerprint density at radius 1 is 1.36 bits per heavy atom. The van der Waals surface area contributed by atoms with Crippen LogP contribution in [0.2, 0.25) is 0 Å². The Labute approximate surface area is 129 Å². The molecule has 2 aromatic rings. The standard InChI is InChI=1S/C16H21N5O/c1-3-14-19-11(2)7-15(20-14)21-6-4-5-12(9-21)13-8-16(22)18-10-17-13/h7-8,10,12H,3-6,9H2,1-2H3,(H,17,18,22)/t12-/m0/s1. The molecule has 1 aliphatic heterocycles. The topological polar surface area (TPSA) is 74.8 Å². The van der Waals surface area contributed by atoms with Crippen LogP contribution in [0.5, 0.6) is 0 Å². The molecule has 22 heavy (non-hydrogen) atoms. The molecule has 116 valence electrons. The Morgan fingerprint density at radius 2 is 2.23 bits per heavy atom. The molecular formula is C16H21N5O. The third-order valence-electron chi connectivity index (χ3n) is 4.07. The predicted octanol–water partition coefficient (Wildman–Crippen LogP) is 1.81. The number of piperidine rings is 1. The number of hydrogen-bond donors (Lipinski definition) is 1. The number of hydrogen-bond acceptors (Lipinski definition) is 5. The van der Waals surface area contributed by atoms with E-state index in [9.17, 15) is 4.79 Å². The number of aryl methyl sites for hydroxylation is 2. The van der Waals surface area contributed by atoms with Gasteiger partial charge in [0.05, 0.1) is 12.0 Å². The van der Waals surface area contributed by atoms with E-state index in [2.05, 4.69) is 31.8 Å². The second-order valence-corrected chi connectivity index (χ2v) is 5.76. The number of aromatic nitrogens is 4. The Kier molecular flexibility index (Phi) is 4.18. The van der Waals surface area contributed by atoms with Gasteiger partial charge < -0.3 is 9.88 Å². The van der Waals surface area contributed by atoms with Gasteiger partial charge in [0.25, 0.3) is 5.56 Å². The van der Waals surface area contributed by atoms with Crippen LogP contribution in [0.15, 0.2) is 23.3 Å². The maximum Gasteiger partial charge on any atom is 0.250 e. The van der Waals surface area contributed by atoms with E-state index >= 15 is 0 Å². The minimum atomic E-state index is -0.0896. The number of aromatic amines is 1. The molecule has 1 N–H and O–H groups in total. The maximum absolute atomic E-state index is 11.5. The Morgan fingerprint density at radius 3 is 3.00 bits per heavy atom. The molecule has 1 aliphatic rings. The minimum absolute atomic E-state index is 0.0896. The Bertz CT molecular complexity index is 712. The molecule has 0 radical (unpaired) electrons. The molecule has 0 saturated carbocycles. The molecule has 1 saturated heterocycles. The summed E-state index contributed by atoms with van der Waals surface area (Å²) in [6.07, 6.45) is 4.45. The third-order valence-corrected chi connectivity index (χ3v) is 4.07. The van der Waals surface area contributed by atoms with Crippen molar-refractivity contribution in [2.45, 2.75) is 39.0 Å². The molecule has 0 aromatic carbocycles. The summed E-state index contributed by atoms with van der Waals surface area (Å²) in [6, 6.07) is 3.64. The molecule has 0 spiro atoms. The van der Waals surface area contributed by atoms with Gasteiger partial charge in [0.15, 0.2) is 0 Å². The number of nitrogens with zero attached hydrogens (tertiary/aromatic N) is 4. The highest BCUT2D eigenvalue weighted by molar-refractivity contribution is 5.41. The van der Waals surface area contributed by atoms with Crippen LogP contribution >= 0.6 is 0 Å². The van der Waals surface area contributed by atoms with Crippen molar-refractivity contribution in [3.8, 4) is 0 Å². The first-order chi connectivity index (χ1) is 10.7. The predicted molar refractivity (Wildman–Crippen MR) is 85.2 cm³/mol. The van der Waals surface area contributed by atoms with Gasteiger partial charge in [-0.2, -0.15) is 0 Å². The Hall–Kier alpha value is -2.24. The average molecular weight is 299 g/mol. The SMILES string of the molecule is CCc1nc(C)cc(N2CCC[C@H](c3cc(=O)[nH]cn3)C2)n1. The van der Waals surface area contributed by atoms with E-state index in [1.54, 1.807) is 6.07 Å². The van der Waals surface area contributed by atoms with E-state index in [-0.39, 0.29) is 11.5 Å². The van der Waals surface area contributed by atoms with Crippen molar-refractivity contribution in [3.63, 3.8) is 0 Å². The third kappa shape index (κ3) is 3.16. The second-order valence-electron chi connectivity index (χ2n) is 5.76. The van der Waals surface area contributed by atoms with Crippen molar-refractivity contribution in [2.75, 3.05) is 18.0 Å². The van der Waals surface area contributed by atoms with Gasteiger partial charge in [0, 0.05) is 43.3 Å². The average Bonchev–Trinajstić information content (AvgIpc) is 2.54. The molecule has 6 nitrogen and oxygen atoms in total. The van der Waals surface area contributed by atoms with Crippen LogP contribution < -0.4 is 10.5 Å². The highest BCUT2D eigenvalue weighted by atomic mass is 16.1. The van der Waals surface area contributed by atoms with Gasteiger partial charge in [-0.15, -0.1) is 0 Å². The maximum atomic E-state index is 11.5. The van der Waals surface area contributed by atoms with Crippen LogP contribution in [0.25, 0.3) is 0 Å². The zero-order valence-electron chi connectivity index (χ0n) is 13.0. The number of anilines is 1. The van der Waals surface area contributed by atoms with Gasteiger partial charge in [-0.3, -0.25) is 4.79 Å². The van der Waals surface area contributed by atoms with Gasteiger partial charge >= 0.3 is 0 Å². The van der Waals surface area contributed by atoms with Crippen LogP contribution in [0.3, 0.4) is 0 Å². The summed E-state index contributed by atoms with van der Waals surface area (Å²) in [4.78, 5) is 29.8. The summed E-state index contributed by atoms with van der Waals surface area (Å²) in [5, 5.41) is 0. The summed E-state index contributed by atoms with van der Waals surface area (Å²) in [7, 11) is 0. The molecular weight excluding hydrogens is 278 g/mol. The smallest absolute Gasteiger partial charge is 0.250 e. The number of H-pyrrole nitrogens is 1. The van der Waals surface area contributed by atoms with Crippen molar-refractivity contribution >= 4 is 5.82 Å². The largest absolute Gasteiger partial charge is 0.356 e. The number of rotatable bonds is 3. The van der Waals surface area contributed by atoms with Gasteiger partial charge in [-0.05, 0) is 19.8 Å². The lowest BCUT2D eigenvalue weighted by molar-refractivity contribution is 0.496. The summed E-state index contributed by atoms with van der Waals surface area (Å²) < 4.78 is 0. The summed E-state index contributed by atoms with van der Waals surface area (Å²) in [5.74, 6) is 2.14.